The summed E-state index contributed by atoms with van der Waals surface area (Å²) in [6, 6.07) is 12.1. The fraction of sp³-hybridized carbons (Fsp3) is 0.348. The van der Waals surface area contributed by atoms with Crippen LogP contribution in [0.4, 0.5) is 31.0 Å². The molecule has 2 aromatic carbocycles. The summed E-state index contributed by atoms with van der Waals surface area (Å²) >= 11 is 0. The number of alkyl carbamates (subject to hydrolysis) is 1. The minimum absolute atomic E-state index is 0.109. The molecule has 0 saturated carbocycles. The SMILES string of the molecule is COC(=O)NC[C@H]1CN(c2ccc(N3CCN(c4ccc(C=O)cc4)CC3)c(F)c2)C(=O)O1. The zero-order chi connectivity index (χ0) is 23.4. The lowest BCUT2D eigenvalue weighted by atomic mass is 10.1. The summed E-state index contributed by atoms with van der Waals surface area (Å²) in [5, 5.41) is 2.49. The molecule has 0 aliphatic carbocycles. The Bertz CT molecular complexity index is 1020. The molecule has 174 valence electrons. The molecule has 33 heavy (non-hydrogen) atoms. The molecule has 2 saturated heterocycles. The van der Waals surface area contributed by atoms with Crippen LogP contribution < -0.4 is 20.0 Å². The fourth-order valence-corrected chi connectivity index (χ4v) is 4.00. The van der Waals surface area contributed by atoms with Gasteiger partial charge in [0.1, 0.15) is 18.2 Å². The fourth-order valence-electron chi connectivity index (χ4n) is 4.00. The number of ether oxygens (including phenoxy) is 2. The van der Waals surface area contributed by atoms with Crippen LogP contribution in [0.1, 0.15) is 10.4 Å². The molecule has 2 amide bonds. The maximum atomic E-state index is 15.0. The van der Waals surface area contributed by atoms with Crippen LogP contribution in [0.25, 0.3) is 0 Å². The Labute approximate surface area is 190 Å². The van der Waals surface area contributed by atoms with Crippen molar-refractivity contribution in [3.8, 4) is 0 Å². The number of benzene rings is 2. The number of carbonyl (C=O) groups excluding carboxylic acids is 3. The number of piperazine rings is 1. The molecular formula is C23H25FN4O5. The standard InChI is InChI=1S/C23H25FN4O5/c1-32-22(30)25-13-19-14-28(23(31)33-19)18-6-7-21(20(24)12-18)27-10-8-26(9-11-27)17-4-2-16(15-29)3-5-17/h2-7,12,15,19H,8-11,13-14H2,1H3,(H,25,30)/t19-/m0/s1. The average molecular weight is 456 g/mol. The van der Waals surface area contributed by atoms with Crippen molar-refractivity contribution in [1.29, 1.82) is 0 Å². The van der Waals surface area contributed by atoms with Crippen LogP contribution >= 0.6 is 0 Å². The first-order valence-electron chi connectivity index (χ1n) is 10.6. The first-order chi connectivity index (χ1) is 16.0. The van der Waals surface area contributed by atoms with Crippen molar-refractivity contribution >= 4 is 35.5 Å². The van der Waals surface area contributed by atoms with Crippen LogP contribution in [0.3, 0.4) is 0 Å². The number of nitrogens with one attached hydrogen (secondary N) is 1. The van der Waals surface area contributed by atoms with Crippen LogP contribution in [0.2, 0.25) is 0 Å². The highest BCUT2D eigenvalue weighted by Crippen LogP contribution is 2.29. The van der Waals surface area contributed by atoms with Crippen LogP contribution in [0, 0.1) is 5.82 Å². The van der Waals surface area contributed by atoms with E-state index < -0.39 is 24.1 Å². The molecule has 2 aliphatic rings. The molecule has 10 heteroatoms. The number of amides is 2. The van der Waals surface area contributed by atoms with Crippen molar-refractivity contribution in [3.05, 3.63) is 53.8 Å². The number of hydrogen-bond acceptors (Lipinski definition) is 7. The molecule has 2 heterocycles. The van der Waals surface area contributed by atoms with Gasteiger partial charge in [0.25, 0.3) is 0 Å². The third-order valence-electron chi connectivity index (χ3n) is 5.79. The van der Waals surface area contributed by atoms with E-state index in [1.54, 1.807) is 24.3 Å². The molecule has 4 rings (SSSR count). The molecule has 0 aromatic heterocycles. The highest BCUT2D eigenvalue weighted by molar-refractivity contribution is 5.90. The van der Waals surface area contributed by atoms with E-state index in [0.29, 0.717) is 30.0 Å². The number of nitrogens with zero attached hydrogens (tertiary/aromatic N) is 3. The van der Waals surface area contributed by atoms with E-state index in [4.69, 9.17) is 4.74 Å². The number of methoxy groups -OCH3 is 1. The summed E-state index contributed by atoms with van der Waals surface area (Å²) in [5.41, 5.74) is 2.54. The Kier molecular flexibility index (Phi) is 6.62. The van der Waals surface area contributed by atoms with Gasteiger partial charge in [-0.1, -0.05) is 0 Å². The van der Waals surface area contributed by atoms with Gasteiger partial charge in [0, 0.05) is 37.4 Å². The van der Waals surface area contributed by atoms with E-state index in [2.05, 4.69) is 15.0 Å². The molecule has 0 unspecified atom stereocenters. The van der Waals surface area contributed by atoms with Gasteiger partial charge in [-0.15, -0.1) is 0 Å². The van der Waals surface area contributed by atoms with E-state index >= 15 is 0 Å². The Hall–Kier alpha value is -3.82. The van der Waals surface area contributed by atoms with Crippen molar-refractivity contribution in [2.75, 3.05) is 61.1 Å². The third-order valence-corrected chi connectivity index (χ3v) is 5.79. The van der Waals surface area contributed by atoms with Crippen LogP contribution in [0.15, 0.2) is 42.5 Å². The number of rotatable bonds is 6. The van der Waals surface area contributed by atoms with Crippen molar-refractivity contribution < 1.29 is 28.2 Å². The Morgan fingerprint density at radius 2 is 1.79 bits per heavy atom. The number of carbonyl (C=O) groups is 3. The quantitative estimate of drug-likeness (QED) is 0.669. The number of anilines is 3. The largest absolute Gasteiger partial charge is 0.453 e. The Morgan fingerprint density at radius 3 is 2.42 bits per heavy atom. The van der Waals surface area contributed by atoms with Crippen molar-refractivity contribution in [2.24, 2.45) is 0 Å². The summed E-state index contributed by atoms with van der Waals surface area (Å²) in [7, 11) is 1.25. The second-order valence-corrected chi connectivity index (χ2v) is 7.81. The van der Waals surface area contributed by atoms with E-state index in [-0.39, 0.29) is 13.1 Å². The van der Waals surface area contributed by atoms with E-state index in [0.717, 1.165) is 25.1 Å². The highest BCUT2D eigenvalue weighted by atomic mass is 19.1. The van der Waals surface area contributed by atoms with Gasteiger partial charge in [-0.25, -0.2) is 14.0 Å². The number of hydrogen-bond donors (Lipinski definition) is 1. The molecule has 2 aliphatic heterocycles. The van der Waals surface area contributed by atoms with Crippen molar-refractivity contribution in [2.45, 2.75) is 6.10 Å². The molecule has 1 atom stereocenters. The Morgan fingerprint density at radius 1 is 1.12 bits per heavy atom. The first-order valence-corrected chi connectivity index (χ1v) is 10.6. The minimum atomic E-state index is -0.613. The zero-order valence-corrected chi connectivity index (χ0v) is 18.2. The average Bonchev–Trinajstić information content (AvgIpc) is 3.23. The molecule has 9 nitrogen and oxygen atoms in total. The van der Waals surface area contributed by atoms with Crippen LogP contribution in [0.5, 0.6) is 0 Å². The molecule has 0 radical (unpaired) electrons. The molecule has 2 fully saturated rings. The van der Waals surface area contributed by atoms with Crippen molar-refractivity contribution in [3.63, 3.8) is 0 Å². The van der Waals surface area contributed by atoms with Crippen LogP contribution in [-0.2, 0) is 9.47 Å². The second-order valence-electron chi connectivity index (χ2n) is 7.81. The first kappa shape index (κ1) is 22.4. The summed E-state index contributed by atoms with van der Waals surface area (Å²) in [6.07, 6.45) is -0.936. The third kappa shape index (κ3) is 5.00. The Balaban J connectivity index is 1.36. The van der Waals surface area contributed by atoms with Gasteiger partial charge in [0.2, 0.25) is 0 Å². The van der Waals surface area contributed by atoms with E-state index in [9.17, 15) is 18.8 Å². The molecule has 0 spiro atoms. The predicted molar refractivity (Wildman–Crippen MR) is 121 cm³/mol. The normalized spacial score (nSPS) is 18.2. The van der Waals surface area contributed by atoms with Gasteiger partial charge in [0.05, 0.1) is 31.6 Å². The monoisotopic (exact) mass is 456 g/mol. The minimum Gasteiger partial charge on any atom is -0.453 e. The lowest BCUT2D eigenvalue weighted by molar-refractivity contribution is 0.112. The van der Waals surface area contributed by atoms with Gasteiger partial charge < -0.3 is 24.6 Å². The molecule has 2 aromatic rings. The van der Waals surface area contributed by atoms with E-state index in [1.165, 1.54) is 18.1 Å². The predicted octanol–water partition coefficient (Wildman–Crippen LogP) is 2.65. The van der Waals surface area contributed by atoms with E-state index in [1.807, 2.05) is 17.0 Å². The summed E-state index contributed by atoms with van der Waals surface area (Å²) < 4.78 is 24.7. The van der Waals surface area contributed by atoms with Gasteiger partial charge in [0.15, 0.2) is 0 Å². The summed E-state index contributed by atoms with van der Waals surface area (Å²) in [5.74, 6) is -0.416. The number of halogens is 1. The maximum absolute atomic E-state index is 15.0. The molecule has 0 bridgehead atoms. The topological polar surface area (TPSA) is 91.4 Å². The second kappa shape index (κ2) is 9.76. The molecular weight excluding hydrogens is 431 g/mol. The van der Waals surface area contributed by atoms with Gasteiger partial charge in [-0.2, -0.15) is 0 Å². The maximum Gasteiger partial charge on any atom is 0.414 e. The zero-order valence-electron chi connectivity index (χ0n) is 18.2. The van der Waals surface area contributed by atoms with Crippen molar-refractivity contribution in [1.82, 2.24) is 5.32 Å². The summed E-state index contributed by atoms with van der Waals surface area (Å²) in [6.45, 7) is 3.02. The van der Waals surface area contributed by atoms with Gasteiger partial charge >= 0.3 is 12.2 Å². The number of cyclic esters (lactones) is 1. The molecule has 1 N–H and O–H groups in total. The smallest absolute Gasteiger partial charge is 0.414 e. The van der Waals surface area contributed by atoms with Crippen LogP contribution in [-0.4, -0.2) is 71.0 Å². The summed E-state index contributed by atoms with van der Waals surface area (Å²) in [4.78, 5) is 39.8. The lowest BCUT2D eigenvalue weighted by Gasteiger charge is -2.37. The van der Waals surface area contributed by atoms with Gasteiger partial charge in [-0.3, -0.25) is 9.69 Å². The highest BCUT2D eigenvalue weighted by Gasteiger charge is 2.33. The van der Waals surface area contributed by atoms with Gasteiger partial charge in [-0.05, 0) is 42.5 Å². The number of aldehydes is 1. The lowest BCUT2D eigenvalue weighted by Crippen LogP contribution is -2.46.